The van der Waals surface area contributed by atoms with Crippen LogP contribution < -0.4 is 5.43 Å². The van der Waals surface area contributed by atoms with Gasteiger partial charge in [-0.05, 0) is 18.6 Å². The topological polar surface area (TPSA) is 85.5 Å². The van der Waals surface area contributed by atoms with Gasteiger partial charge in [0.2, 0.25) is 0 Å². The lowest BCUT2D eigenvalue weighted by Gasteiger charge is -2.00. The summed E-state index contributed by atoms with van der Waals surface area (Å²) in [7, 11) is 0. The van der Waals surface area contributed by atoms with Gasteiger partial charge in [-0.25, -0.2) is 0 Å². The monoisotopic (exact) mass is 231 g/mol. The van der Waals surface area contributed by atoms with E-state index in [4.69, 9.17) is 10.4 Å². The maximum absolute atomic E-state index is 10.3. The molecule has 0 aliphatic rings. The van der Waals surface area contributed by atoms with Crippen LogP contribution >= 0.6 is 0 Å². The van der Waals surface area contributed by atoms with E-state index in [1.54, 1.807) is 0 Å². The SMILES string of the molecule is N#C/C(CCCC(=O)O)=N\Nc1ccccc1. The van der Waals surface area contributed by atoms with Gasteiger partial charge >= 0.3 is 5.97 Å². The van der Waals surface area contributed by atoms with Crippen LogP contribution in [0.1, 0.15) is 19.3 Å². The lowest BCUT2D eigenvalue weighted by atomic mass is 10.2. The largest absolute Gasteiger partial charge is 0.481 e. The van der Waals surface area contributed by atoms with Gasteiger partial charge < -0.3 is 5.11 Å². The Labute approximate surface area is 99.4 Å². The van der Waals surface area contributed by atoms with E-state index in [-0.39, 0.29) is 6.42 Å². The van der Waals surface area contributed by atoms with Crippen molar-refractivity contribution >= 4 is 17.4 Å². The molecule has 0 aliphatic carbocycles. The average Bonchev–Trinajstić information content (AvgIpc) is 2.34. The summed E-state index contributed by atoms with van der Waals surface area (Å²) in [5.74, 6) is -0.863. The standard InChI is InChI=1S/C12H13N3O2/c13-9-11(7-4-8-12(16)17)15-14-10-5-2-1-3-6-10/h1-3,5-6,14H,4,7-8H2,(H,16,17)/b15-11-. The number of carboxylic acid groups (broad SMARTS) is 1. The van der Waals surface area contributed by atoms with Gasteiger partial charge in [0.25, 0.3) is 0 Å². The first-order valence-electron chi connectivity index (χ1n) is 5.22. The number of nitrogens with zero attached hydrogens (tertiary/aromatic N) is 2. The number of hydrazone groups is 1. The van der Waals surface area contributed by atoms with Crippen LogP contribution in [0.5, 0.6) is 0 Å². The zero-order valence-corrected chi connectivity index (χ0v) is 9.26. The van der Waals surface area contributed by atoms with E-state index in [0.717, 1.165) is 5.69 Å². The summed E-state index contributed by atoms with van der Waals surface area (Å²) in [4.78, 5) is 10.3. The number of para-hydroxylation sites is 1. The smallest absolute Gasteiger partial charge is 0.303 e. The summed E-state index contributed by atoms with van der Waals surface area (Å²) in [6, 6.07) is 11.2. The number of carbonyl (C=O) groups is 1. The predicted molar refractivity (Wildman–Crippen MR) is 64.6 cm³/mol. The summed E-state index contributed by atoms with van der Waals surface area (Å²) >= 11 is 0. The van der Waals surface area contributed by atoms with Gasteiger partial charge in [0.05, 0.1) is 5.69 Å². The van der Waals surface area contributed by atoms with Crippen molar-refractivity contribution in [3.05, 3.63) is 30.3 Å². The van der Waals surface area contributed by atoms with E-state index in [1.165, 1.54) is 0 Å². The van der Waals surface area contributed by atoms with E-state index in [2.05, 4.69) is 10.5 Å². The summed E-state index contributed by atoms with van der Waals surface area (Å²) in [6.07, 6.45) is 0.826. The third-order valence-corrected chi connectivity index (χ3v) is 2.03. The van der Waals surface area contributed by atoms with Crippen LogP contribution in [0.4, 0.5) is 5.69 Å². The first-order valence-corrected chi connectivity index (χ1v) is 5.22. The third kappa shape index (κ3) is 5.33. The van der Waals surface area contributed by atoms with E-state index in [1.807, 2.05) is 36.4 Å². The Morgan fingerprint density at radius 1 is 1.35 bits per heavy atom. The zero-order valence-electron chi connectivity index (χ0n) is 9.26. The van der Waals surface area contributed by atoms with Crippen molar-refractivity contribution in [2.45, 2.75) is 19.3 Å². The number of rotatable bonds is 6. The highest BCUT2D eigenvalue weighted by molar-refractivity contribution is 5.98. The van der Waals surface area contributed by atoms with Crippen molar-refractivity contribution in [3.63, 3.8) is 0 Å². The van der Waals surface area contributed by atoms with Crippen LogP contribution in [-0.4, -0.2) is 16.8 Å². The Kier molecular flexibility index (Phi) is 5.25. The maximum Gasteiger partial charge on any atom is 0.303 e. The van der Waals surface area contributed by atoms with Gasteiger partial charge in [0.1, 0.15) is 11.8 Å². The molecule has 0 unspecified atom stereocenters. The molecule has 0 spiro atoms. The van der Waals surface area contributed by atoms with Crippen LogP contribution in [0.3, 0.4) is 0 Å². The second kappa shape index (κ2) is 7.01. The quantitative estimate of drug-likeness (QED) is 0.580. The summed E-state index contributed by atoms with van der Waals surface area (Å²) < 4.78 is 0. The number of hydrogen-bond acceptors (Lipinski definition) is 4. The molecule has 17 heavy (non-hydrogen) atoms. The molecular formula is C12H13N3O2. The summed E-state index contributed by atoms with van der Waals surface area (Å²) in [6.45, 7) is 0. The molecule has 5 nitrogen and oxygen atoms in total. The lowest BCUT2D eigenvalue weighted by Crippen LogP contribution is -2.02. The highest BCUT2D eigenvalue weighted by atomic mass is 16.4. The molecule has 1 aromatic rings. The Hall–Kier alpha value is -2.35. The van der Waals surface area contributed by atoms with Crippen molar-refractivity contribution in [2.75, 3.05) is 5.43 Å². The maximum atomic E-state index is 10.3. The Balaban J connectivity index is 2.45. The second-order valence-electron chi connectivity index (χ2n) is 3.40. The molecule has 0 aromatic heterocycles. The molecule has 5 heteroatoms. The number of anilines is 1. The van der Waals surface area contributed by atoms with Crippen molar-refractivity contribution < 1.29 is 9.90 Å². The van der Waals surface area contributed by atoms with Gasteiger partial charge in [-0.1, -0.05) is 18.2 Å². The van der Waals surface area contributed by atoms with Crippen LogP contribution in [-0.2, 0) is 4.79 Å². The number of hydrogen-bond donors (Lipinski definition) is 2. The highest BCUT2D eigenvalue weighted by Gasteiger charge is 2.01. The molecule has 1 aromatic carbocycles. The van der Waals surface area contributed by atoms with Crippen molar-refractivity contribution in [1.29, 1.82) is 5.26 Å². The first-order chi connectivity index (χ1) is 8.22. The van der Waals surface area contributed by atoms with Gasteiger partial charge in [-0.2, -0.15) is 10.4 Å². The predicted octanol–water partition coefficient (Wildman–Crippen LogP) is 2.23. The van der Waals surface area contributed by atoms with Gasteiger partial charge in [-0.3, -0.25) is 10.2 Å². The number of aliphatic carboxylic acids is 1. The van der Waals surface area contributed by atoms with E-state index >= 15 is 0 Å². The number of nitrogens with one attached hydrogen (secondary N) is 1. The normalized spacial score (nSPS) is 10.6. The molecule has 0 saturated carbocycles. The van der Waals surface area contributed by atoms with Crippen molar-refractivity contribution in [1.82, 2.24) is 0 Å². The molecule has 2 N–H and O–H groups in total. The molecule has 0 bridgehead atoms. The number of benzene rings is 1. The third-order valence-electron chi connectivity index (χ3n) is 2.03. The van der Waals surface area contributed by atoms with E-state index < -0.39 is 5.97 Å². The zero-order chi connectivity index (χ0) is 12.5. The molecule has 0 heterocycles. The van der Waals surface area contributed by atoms with Gasteiger partial charge in [0, 0.05) is 12.8 Å². The van der Waals surface area contributed by atoms with Crippen LogP contribution in [0.2, 0.25) is 0 Å². The van der Waals surface area contributed by atoms with E-state index in [0.29, 0.717) is 18.6 Å². The fourth-order valence-corrected chi connectivity index (χ4v) is 1.19. The van der Waals surface area contributed by atoms with Crippen LogP contribution in [0.15, 0.2) is 35.4 Å². The van der Waals surface area contributed by atoms with Crippen molar-refractivity contribution in [3.8, 4) is 6.07 Å². The average molecular weight is 231 g/mol. The molecule has 1 rings (SSSR count). The molecule has 0 radical (unpaired) electrons. The van der Waals surface area contributed by atoms with E-state index in [9.17, 15) is 4.79 Å². The minimum Gasteiger partial charge on any atom is -0.481 e. The summed E-state index contributed by atoms with van der Waals surface area (Å²) in [5, 5.41) is 21.2. The summed E-state index contributed by atoms with van der Waals surface area (Å²) in [5.41, 5.74) is 3.84. The Morgan fingerprint density at radius 2 is 2.06 bits per heavy atom. The minimum atomic E-state index is -0.863. The minimum absolute atomic E-state index is 0.0477. The highest BCUT2D eigenvalue weighted by Crippen LogP contribution is 2.05. The van der Waals surface area contributed by atoms with Crippen LogP contribution in [0.25, 0.3) is 0 Å². The fraction of sp³-hybridized carbons (Fsp3) is 0.250. The Morgan fingerprint density at radius 3 is 2.65 bits per heavy atom. The lowest BCUT2D eigenvalue weighted by molar-refractivity contribution is -0.137. The second-order valence-corrected chi connectivity index (χ2v) is 3.40. The number of carboxylic acids is 1. The molecule has 0 atom stereocenters. The molecule has 0 saturated heterocycles. The Bertz CT molecular complexity index is 435. The first kappa shape index (κ1) is 12.7. The molecule has 0 aliphatic heterocycles. The molecule has 0 fully saturated rings. The number of nitriles is 1. The molecule has 88 valence electrons. The van der Waals surface area contributed by atoms with Crippen molar-refractivity contribution in [2.24, 2.45) is 5.10 Å². The fourth-order valence-electron chi connectivity index (χ4n) is 1.19. The van der Waals surface area contributed by atoms with Gasteiger partial charge in [-0.15, -0.1) is 0 Å². The molecular weight excluding hydrogens is 218 g/mol. The van der Waals surface area contributed by atoms with Gasteiger partial charge in [0.15, 0.2) is 0 Å². The van der Waals surface area contributed by atoms with Crippen LogP contribution in [0, 0.1) is 11.3 Å². The molecule has 0 amide bonds.